The fourth-order valence-electron chi connectivity index (χ4n) is 1.94. The van der Waals surface area contributed by atoms with Gasteiger partial charge >= 0.3 is 0 Å². The van der Waals surface area contributed by atoms with Gasteiger partial charge in [0, 0.05) is 24.2 Å². The number of ketones is 1. The molecule has 2 amide bonds. The van der Waals surface area contributed by atoms with E-state index in [2.05, 4.69) is 5.32 Å². The van der Waals surface area contributed by atoms with Crippen molar-refractivity contribution in [2.45, 2.75) is 40.2 Å². The predicted molar refractivity (Wildman–Crippen MR) is 82.2 cm³/mol. The number of anilines is 1. The van der Waals surface area contributed by atoms with Crippen LogP contribution in [0.3, 0.4) is 0 Å². The Balaban J connectivity index is 2.67. The Labute approximate surface area is 125 Å². The van der Waals surface area contributed by atoms with E-state index in [0.29, 0.717) is 11.3 Å². The largest absolute Gasteiger partial charge is 0.331 e. The van der Waals surface area contributed by atoms with E-state index in [1.807, 2.05) is 13.8 Å². The van der Waals surface area contributed by atoms with Crippen LogP contribution in [-0.4, -0.2) is 35.1 Å². The Bertz CT molecular complexity index is 523. The topological polar surface area (TPSA) is 66.5 Å². The van der Waals surface area contributed by atoms with Crippen molar-refractivity contribution in [3.63, 3.8) is 0 Å². The van der Waals surface area contributed by atoms with Gasteiger partial charge in [-0.25, -0.2) is 0 Å². The second-order valence-electron chi connectivity index (χ2n) is 5.09. The van der Waals surface area contributed by atoms with Crippen molar-refractivity contribution in [3.8, 4) is 0 Å². The maximum Gasteiger partial charge on any atom is 0.244 e. The highest BCUT2D eigenvalue weighted by atomic mass is 16.2. The third-order valence-electron chi connectivity index (χ3n) is 3.42. The first kappa shape index (κ1) is 16.9. The van der Waals surface area contributed by atoms with Crippen LogP contribution in [0.5, 0.6) is 0 Å². The summed E-state index contributed by atoms with van der Waals surface area (Å²) in [5.74, 6) is -0.389. The molecule has 0 aliphatic heterocycles. The monoisotopic (exact) mass is 290 g/mol. The number of hydrogen-bond donors (Lipinski definition) is 1. The summed E-state index contributed by atoms with van der Waals surface area (Å²) in [7, 11) is 0. The molecule has 5 nitrogen and oxygen atoms in total. The molecule has 0 heterocycles. The second kappa shape index (κ2) is 7.57. The average molecular weight is 290 g/mol. The minimum Gasteiger partial charge on any atom is -0.331 e. The van der Waals surface area contributed by atoms with Crippen molar-refractivity contribution < 1.29 is 14.4 Å². The number of nitrogens with zero attached hydrogens (tertiary/aromatic N) is 1. The van der Waals surface area contributed by atoms with Crippen LogP contribution in [0, 0.1) is 0 Å². The minimum atomic E-state index is -0.249. The molecule has 0 bridgehead atoms. The third-order valence-corrected chi connectivity index (χ3v) is 3.42. The Morgan fingerprint density at radius 1 is 1.14 bits per heavy atom. The van der Waals surface area contributed by atoms with E-state index in [-0.39, 0.29) is 30.2 Å². The number of carbonyl (C=O) groups excluding carboxylic acids is 3. The third kappa shape index (κ3) is 5.02. The van der Waals surface area contributed by atoms with Gasteiger partial charge in [0.1, 0.15) is 6.54 Å². The van der Waals surface area contributed by atoms with Gasteiger partial charge in [-0.05, 0) is 44.5 Å². The molecule has 0 aliphatic rings. The van der Waals surface area contributed by atoms with E-state index in [0.717, 1.165) is 6.42 Å². The standard InChI is InChI=1S/C16H22N2O3/c1-5-11(2)18(13(4)20)10-16(21)17-15-8-6-14(7-9-15)12(3)19/h6-9,11H,5,10H2,1-4H3,(H,17,21). The number of benzene rings is 1. The lowest BCUT2D eigenvalue weighted by atomic mass is 10.1. The smallest absolute Gasteiger partial charge is 0.244 e. The Hall–Kier alpha value is -2.17. The molecule has 5 heteroatoms. The fourth-order valence-corrected chi connectivity index (χ4v) is 1.94. The number of hydrogen-bond acceptors (Lipinski definition) is 3. The maximum atomic E-state index is 12.0. The van der Waals surface area contributed by atoms with Crippen LogP contribution in [-0.2, 0) is 9.59 Å². The van der Waals surface area contributed by atoms with Gasteiger partial charge in [-0.2, -0.15) is 0 Å². The minimum absolute atomic E-state index is 0.0209. The van der Waals surface area contributed by atoms with Crippen molar-refractivity contribution in [2.24, 2.45) is 0 Å². The molecule has 1 rings (SSSR count). The molecule has 0 spiro atoms. The molecular weight excluding hydrogens is 268 g/mol. The highest BCUT2D eigenvalue weighted by Gasteiger charge is 2.18. The van der Waals surface area contributed by atoms with Crippen molar-refractivity contribution in [3.05, 3.63) is 29.8 Å². The van der Waals surface area contributed by atoms with Gasteiger partial charge < -0.3 is 10.2 Å². The number of nitrogens with one attached hydrogen (secondary N) is 1. The van der Waals surface area contributed by atoms with E-state index < -0.39 is 0 Å². The van der Waals surface area contributed by atoms with Gasteiger partial charge in [-0.3, -0.25) is 14.4 Å². The van der Waals surface area contributed by atoms with Gasteiger partial charge in [0.2, 0.25) is 11.8 Å². The molecule has 1 N–H and O–H groups in total. The first-order chi connectivity index (χ1) is 9.85. The number of amides is 2. The van der Waals surface area contributed by atoms with Crippen molar-refractivity contribution in [1.29, 1.82) is 0 Å². The van der Waals surface area contributed by atoms with Crippen LogP contribution in [0.15, 0.2) is 24.3 Å². The molecule has 21 heavy (non-hydrogen) atoms. The van der Waals surface area contributed by atoms with Gasteiger partial charge in [-0.15, -0.1) is 0 Å². The molecule has 0 fully saturated rings. The van der Waals surface area contributed by atoms with Crippen LogP contribution in [0.2, 0.25) is 0 Å². The maximum absolute atomic E-state index is 12.0. The number of rotatable bonds is 6. The molecule has 1 aromatic rings. The summed E-state index contributed by atoms with van der Waals surface area (Å²) in [6, 6.07) is 6.70. The Morgan fingerprint density at radius 2 is 1.71 bits per heavy atom. The highest BCUT2D eigenvalue weighted by molar-refractivity contribution is 5.96. The molecule has 1 aromatic carbocycles. The molecule has 0 aromatic heterocycles. The Morgan fingerprint density at radius 3 is 2.14 bits per heavy atom. The molecular formula is C16H22N2O3. The molecule has 1 atom stereocenters. The van der Waals surface area contributed by atoms with E-state index in [4.69, 9.17) is 0 Å². The number of carbonyl (C=O) groups is 3. The van der Waals surface area contributed by atoms with E-state index in [1.165, 1.54) is 13.8 Å². The highest BCUT2D eigenvalue weighted by Crippen LogP contribution is 2.11. The first-order valence-corrected chi connectivity index (χ1v) is 7.03. The molecule has 0 radical (unpaired) electrons. The van der Waals surface area contributed by atoms with Crippen molar-refractivity contribution >= 4 is 23.3 Å². The summed E-state index contributed by atoms with van der Waals surface area (Å²) in [5.41, 5.74) is 1.20. The van der Waals surface area contributed by atoms with Gasteiger partial charge in [-0.1, -0.05) is 6.92 Å². The zero-order chi connectivity index (χ0) is 16.0. The van der Waals surface area contributed by atoms with Crippen LogP contribution in [0.1, 0.15) is 44.5 Å². The van der Waals surface area contributed by atoms with Crippen LogP contribution >= 0.6 is 0 Å². The first-order valence-electron chi connectivity index (χ1n) is 7.03. The van der Waals surface area contributed by atoms with Crippen LogP contribution in [0.25, 0.3) is 0 Å². The molecule has 114 valence electrons. The SMILES string of the molecule is CCC(C)N(CC(=O)Nc1ccc(C(C)=O)cc1)C(C)=O. The predicted octanol–water partition coefficient (Wildman–Crippen LogP) is 2.47. The lowest BCUT2D eigenvalue weighted by molar-refractivity contribution is -0.134. The van der Waals surface area contributed by atoms with Crippen molar-refractivity contribution in [1.82, 2.24) is 4.90 Å². The summed E-state index contributed by atoms with van der Waals surface area (Å²) < 4.78 is 0. The molecule has 0 aliphatic carbocycles. The zero-order valence-electron chi connectivity index (χ0n) is 13.0. The van der Waals surface area contributed by atoms with Gasteiger partial charge in [0.25, 0.3) is 0 Å². The summed E-state index contributed by atoms with van der Waals surface area (Å²) >= 11 is 0. The lowest BCUT2D eigenvalue weighted by Gasteiger charge is -2.26. The quantitative estimate of drug-likeness (QED) is 0.818. The van der Waals surface area contributed by atoms with Crippen LogP contribution < -0.4 is 5.32 Å². The summed E-state index contributed by atoms with van der Waals surface area (Å²) in [5, 5.41) is 2.73. The average Bonchev–Trinajstić information content (AvgIpc) is 2.44. The zero-order valence-corrected chi connectivity index (χ0v) is 13.0. The molecule has 0 saturated heterocycles. The van der Waals surface area contributed by atoms with Crippen molar-refractivity contribution in [2.75, 3.05) is 11.9 Å². The summed E-state index contributed by atoms with van der Waals surface area (Å²) in [6.07, 6.45) is 0.792. The summed E-state index contributed by atoms with van der Waals surface area (Å²) in [4.78, 5) is 36.3. The molecule has 1 unspecified atom stereocenters. The van der Waals surface area contributed by atoms with E-state index >= 15 is 0 Å². The van der Waals surface area contributed by atoms with Gasteiger partial charge in [0.05, 0.1) is 0 Å². The second-order valence-corrected chi connectivity index (χ2v) is 5.09. The fraction of sp³-hybridized carbons (Fsp3) is 0.438. The normalized spacial score (nSPS) is 11.6. The van der Waals surface area contributed by atoms with Gasteiger partial charge in [0.15, 0.2) is 5.78 Å². The lowest BCUT2D eigenvalue weighted by Crippen LogP contribution is -2.42. The number of Topliss-reactive ketones (excluding diaryl/α,β-unsaturated/α-hetero) is 1. The Kier molecular flexibility index (Phi) is 6.09. The summed E-state index contributed by atoms with van der Waals surface area (Å²) in [6.45, 7) is 6.86. The van der Waals surface area contributed by atoms with E-state index in [9.17, 15) is 14.4 Å². The molecule has 0 saturated carbocycles. The van der Waals surface area contributed by atoms with E-state index in [1.54, 1.807) is 29.2 Å². The van der Waals surface area contributed by atoms with Crippen LogP contribution in [0.4, 0.5) is 5.69 Å².